The van der Waals surface area contributed by atoms with Crippen molar-refractivity contribution in [1.29, 1.82) is 0 Å². The normalized spacial score (nSPS) is 25.2. The second-order valence-electron chi connectivity index (χ2n) is 6.87. The summed E-state index contributed by atoms with van der Waals surface area (Å²) in [6.45, 7) is 10.2. The highest BCUT2D eigenvalue weighted by atomic mass is 32.1. The number of nitrogens with zero attached hydrogens (tertiary/aromatic N) is 2. The van der Waals surface area contributed by atoms with Crippen LogP contribution in [0, 0.1) is 12.8 Å². The molecule has 2 N–H and O–H groups in total. The van der Waals surface area contributed by atoms with Gasteiger partial charge in [-0.25, -0.2) is 0 Å². The van der Waals surface area contributed by atoms with Gasteiger partial charge in [-0.2, -0.15) is 5.10 Å². The number of hydrogen-bond acceptors (Lipinski definition) is 5. The summed E-state index contributed by atoms with van der Waals surface area (Å²) in [5, 5.41) is 10.5. The van der Waals surface area contributed by atoms with Crippen molar-refractivity contribution in [3.05, 3.63) is 35.1 Å². The molecule has 2 aliphatic heterocycles. The molecule has 126 valence electrons. The summed E-state index contributed by atoms with van der Waals surface area (Å²) in [6, 6.07) is 2.44. The summed E-state index contributed by atoms with van der Waals surface area (Å²) < 4.78 is 0. The predicted molar refractivity (Wildman–Crippen MR) is 97.5 cm³/mol. The number of nitrogens with one attached hydrogen (secondary N) is 2. The Morgan fingerprint density at radius 3 is 2.96 bits per heavy atom. The minimum absolute atomic E-state index is 0.0796. The number of thiophene rings is 1. The summed E-state index contributed by atoms with van der Waals surface area (Å²) in [7, 11) is 0. The summed E-state index contributed by atoms with van der Waals surface area (Å²) in [6.07, 6.45) is 4.30. The monoisotopic (exact) mass is 342 g/mol. The number of rotatable bonds is 5. The Kier molecular flexibility index (Phi) is 3.81. The van der Waals surface area contributed by atoms with Crippen molar-refractivity contribution in [3.63, 3.8) is 0 Å². The molecule has 2 unspecified atom stereocenters. The minimum Gasteiger partial charge on any atom is -0.357 e. The Bertz CT molecular complexity index is 806. The number of aromatic nitrogens is 2. The van der Waals surface area contributed by atoms with Gasteiger partial charge in [0.05, 0.1) is 16.8 Å². The molecule has 2 aliphatic rings. The Hall–Kier alpha value is -1.92. The van der Waals surface area contributed by atoms with Gasteiger partial charge < -0.3 is 5.32 Å². The van der Waals surface area contributed by atoms with E-state index in [1.807, 2.05) is 19.2 Å². The third-order valence-electron chi connectivity index (χ3n) is 5.16. The van der Waals surface area contributed by atoms with E-state index in [-0.39, 0.29) is 5.78 Å². The number of anilines is 1. The summed E-state index contributed by atoms with van der Waals surface area (Å²) in [4.78, 5) is 16.4. The molecule has 0 aromatic carbocycles. The van der Waals surface area contributed by atoms with Crippen molar-refractivity contribution in [1.82, 2.24) is 15.1 Å². The van der Waals surface area contributed by atoms with E-state index in [1.54, 1.807) is 6.92 Å². The zero-order valence-corrected chi connectivity index (χ0v) is 14.9. The van der Waals surface area contributed by atoms with Gasteiger partial charge in [0.1, 0.15) is 0 Å². The number of H-pyrrole nitrogens is 1. The maximum Gasteiger partial charge on any atom is 0.171 e. The van der Waals surface area contributed by atoms with Crippen LogP contribution >= 0.6 is 11.3 Å². The maximum atomic E-state index is 12.1. The lowest BCUT2D eigenvalue weighted by Gasteiger charge is -2.27. The molecule has 4 heterocycles. The van der Waals surface area contributed by atoms with Gasteiger partial charge in [-0.15, -0.1) is 11.3 Å². The predicted octanol–water partition coefficient (Wildman–Crippen LogP) is 3.67. The van der Waals surface area contributed by atoms with Gasteiger partial charge >= 0.3 is 0 Å². The molecule has 2 saturated heterocycles. The minimum atomic E-state index is 0.0796. The van der Waals surface area contributed by atoms with Crippen molar-refractivity contribution in [2.24, 2.45) is 5.92 Å². The van der Waals surface area contributed by atoms with E-state index >= 15 is 0 Å². The molecule has 4 rings (SSSR count). The van der Waals surface area contributed by atoms with Crippen LogP contribution in [0.2, 0.25) is 0 Å². The summed E-state index contributed by atoms with van der Waals surface area (Å²) in [5.74, 6) is 0.892. The van der Waals surface area contributed by atoms with Crippen molar-refractivity contribution in [3.8, 4) is 10.4 Å². The van der Waals surface area contributed by atoms with Gasteiger partial charge in [-0.3, -0.25) is 14.8 Å². The van der Waals surface area contributed by atoms with E-state index < -0.39 is 0 Å². The van der Waals surface area contributed by atoms with Crippen LogP contribution in [0.15, 0.2) is 24.5 Å². The lowest BCUT2D eigenvalue weighted by Crippen LogP contribution is -2.33. The number of fused-ring (bicyclic) bond motifs is 2. The number of carbonyl (C=O) groups excluding carboxylic acids is 1. The van der Waals surface area contributed by atoms with Crippen LogP contribution < -0.4 is 5.32 Å². The number of ketones is 1. The fourth-order valence-corrected chi connectivity index (χ4v) is 4.98. The van der Waals surface area contributed by atoms with E-state index in [0.29, 0.717) is 6.04 Å². The number of piperidine rings is 1. The van der Waals surface area contributed by atoms with Crippen LogP contribution in [0.4, 0.5) is 5.69 Å². The number of aryl methyl sites for hydroxylation is 1. The fraction of sp³-hybridized carbons (Fsp3) is 0.444. The Labute approximate surface area is 145 Å². The zero-order valence-electron chi connectivity index (χ0n) is 14.1. The molecule has 0 spiro atoms. The first-order chi connectivity index (χ1) is 11.5. The maximum absolute atomic E-state index is 12.1. The number of carbonyl (C=O) groups is 1. The molecule has 2 aromatic rings. The van der Waals surface area contributed by atoms with Gasteiger partial charge in [-0.1, -0.05) is 6.58 Å². The second kappa shape index (κ2) is 5.86. The van der Waals surface area contributed by atoms with Gasteiger partial charge in [0, 0.05) is 41.3 Å². The standard InChI is InChI=1S/C18H22N4OS/c1-10-14(8-19-21-10)17-7-15(18(24-17)12(3)23)20-11(2)16-6-13-4-5-22(16)9-13/h7-8,13,16,20H,2,4-6,9H2,1,3H3,(H,19,21)/t13?,16-/m0/s1. The lowest BCUT2D eigenvalue weighted by atomic mass is 9.99. The average Bonchev–Trinajstić information content (AvgIpc) is 3.29. The molecule has 5 nitrogen and oxygen atoms in total. The number of hydrogen-bond donors (Lipinski definition) is 2. The van der Waals surface area contributed by atoms with Crippen molar-refractivity contribution in [2.75, 3.05) is 18.4 Å². The molecule has 0 radical (unpaired) electrons. The molecule has 24 heavy (non-hydrogen) atoms. The quantitative estimate of drug-likeness (QED) is 0.814. The fourth-order valence-electron chi connectivity index (χ4n) is 3.90. The summed E-state index contributed by atoms with van der Waals surface area (Å²) >= 11 is 1.51. The first kappa shape index (κ1) is 15.6. The van der Waals surface area contributed by atoms with Crippen LogP contribution in [-0.4, -0.2) is 40.0 Å². The molecule has 2 bridgehead atoms. The first-order valence-corrected chi connectivity index (χ1v) is 9.19. The number of aromatic amines is 1. The largest absolute Gasteiger partial charge is 0.357 e. The van der Waals surface area contributed by atoms with E-state index in [2.05, 4.69) is 27.0 Å². The van der Waals surface area contributed by atoms with Crippen LogP contribution in [-0.2, 0) is 0 Å². The van der Waals surface area contributed by atoms with E-state index in [0.717, 1.165) is 38.3 Å². The third kappa shape index (κ3) is 2.59. The van der Waals surface area contributed by atoms with Crippen molar-refractivity contribution < 1.29 is 4.79 Å². The van der Waals surface area contributed by atoms with E-state index in [1.165, 1.54) is 37.3 Å². The zero-order chi connectivity index (χ0) is 16.8. The van der Waals surface area contributed by atoms with Crippen LogP contribution in [0.5, 0.6) is 0 Å². The topological polar surface area (TPSA) is 61.0 Å². The van der Waals surface area contributed by atoms with Crippen molar-refractivity contribution >= 4 is 22.8 Å². The molecule has 2 fully saturated rings. The number of Topliss-reactive ketones (excluding diaryl/α,β-unsaturated/α-hetero) is 1. The van der Waals surface area contributed by atoms with E-state index in [9.17, 15) is 4.79 Å². The van der Waals surface area contributed by atoms with Crippen LogP contribution in [0.3, 0.4) is 0 Å². The highest BCUT2D eigenvalue weighted by Gasteiger charge is 2.38. The van der Waals surface area contributed by atoms with Gasteiger partial charge in [0.25, 0.3) is 0 Å². The SMILES string of the molecule is C=C(Nc1cc(-c2cn[nH]c2C)sc1C(C)=O)[C@@H]1CC2CCN1C2. The average molecular weight is 342 g/mol. The molecule has 3 atom stereocenters. The molecule has 0 amide bonds. The molecular formula is C18H22N4OS. The first-order valence-electron chi connectivity index (χ1n) is 8.38. The summed E-state index contributed by atoms with van der Waals surface area (Å²) in [5.41, 5.74) is 3.94. The molecule has 0 saturated carbocycles. The van der Waals surface area contributed by atoms with Gasteiger partial charge in [-0.05, 0) is 38.3 Å². The smallest absolute Gasteiger partial charge is 0.171 e. The van der Waals surface area contributed by atoms with Crippen LogP contribution in [0.1, 0.15) is 35.1 Å². The molecule has 2 aromatic heterocycles. The lowest BCUT2D eigenvalue weighted by molar-refractivity contribution is 0.102. The second-order valence-corrected chi connectivity index (χ2v) is 7.92. The van der Waals surface area contributed by atoms with E-state index in [4.69, 9.17) is 0 Å². The third-order valence-corrected chi connectivity index (χ3v) is 6.43. The molecule has 6 heteroatoms. The van der Waals surface area contributed by atoms with Gasteiger partial charge in [0.2, 0.25) is 0 Å². The van der Waals surface area contributed by atoms with Crippen LogP contribution in [0.25, 0.3) is 10.4 Å². The molecule has 0 aliphatic carbocycles. The highest BCUT2D eigenvalue weighted by molar-refractivity contribution is 7.18. The van der Waals surface area contributed by atoms with Crippen molar-refractivity contribution in [2.45, 2.75) is 32.7 Å². The Balaban J connectivity index is 1.60. The Morgan fingerprint density at radius 2 is 2.38 bits per heavy atom. The highest BCUT2D eigenvalue weighted by Crippen LogP contribution is 2.39. The molecular weight excluding hydrogens is 320 g/mol. The van der Waals surface area contributed by atoms with Gasteiger partial charge in [0.15, 0.2) is 5.78 Å². The Morgan fingerprint density at radius 1 is 1.54 bits per heavy atom.